The minimum absolute atomic E-state index is 0.0203. The number of ether oxygens (including phenoxy) is 2. The average molecular weight is 206 g/mol. The maximum absolute atomic E-state index is 11.1. The Morgan fingerprint density at radius 3 is 2.80 bits per heavy atom. The summed E-state index contributed by atoms with van der Waals surface area (Å²) in [5.74, 6) is 0.444. The quantitative estimate of drug-likeness (QED) is 0.511. The van der Waals surface area contributed by atoms with Crippen molar-refractivity contribution in [2.24, 2.45) is 0 Å². The number of hydrogen-bond donors (Lipinski definition) is 1. The molecular weight excluding hydrogens is 196 g/mol. The van der Waals surface area contributed by atoms with E-state index in [-0.39, 0.29) is 17.5 Å². The molecule has 15 heavy (non-hydrogen) atoms. The van der Waals surface area contributed by atoms with Crippen LogP contribution in [0.25, 0.3) is 0 Å². The van der Waals surface area contributed by atoms with Crippen LogP contribution in [0.5, 0.6) is 17.2 Å². The van der Waals surface area contributed by atoms with Gasteiger partial charge in [-0.25, -0.2) is 0 Å². The topological polar surface area (TPSA) is 55.8 Å². The van der Waals surface area contributed by atoms with E-state index in [4.69, 9.17) is 9.47 Å². The van der Waals surface area contributed by atoms with Crippen LogP contribution in [0.3, 0.4) is 0 Å². The van der Waals surface area contributed by atoms with Crippen molar-refractivity contribution in [2.45, 2.75) is 19.3 Å². The molecule has 2 heterocycles. The van der Waals surface area contributed by atoms with Gasteiger partial charge in [-0.3, -0.25) is 4.79 Å². The molecule has 0 saturated heterocycles. The molecule has 2 aliphatic rings. The second-order valence-corrected chi connectivity index (χ2v) is 3.77. The van der Waals surface area contributed by atoms with Gasteiger partial charge in [-0.05, 0) is 18.1 Å². The molecule has 4 heteroatoms. The van der Waals surface area contributed by atoms with Gasteiger partial charge in [0, 0.05) is 12.0 Å². The number of phenols is 1. The molecule has 4 nitrogen and oxygen atoms in total. The number of aromatic hydroxyl groups is 1. The number of hydrogen-bond acceptors (Lipinski definition) is 4. The van der Waals surface area contributed by atoms with E-state index in [1.807, 2.05) is 6.07 Å². The molecule has 0 atom stereocenters. The van der Waals surface area contributed by atoms with Gasteiger partial charge in [0.15, 0.2) is 11.5 Å². The molecule has 0 amide bonds. The SMILES string of the molecule is O=C1CCc2cc3c(c(O)c2O1)OCC3. The second-order valence-electron chi connectivity index (χ2n) is 3.77. The molecule has 78 valence electrons. The Bertz CT molecular complexity index is 450. The summed E-state index contributed by atoms with van der Waals surface area (Å²) in [5.41, 5.74) is 1.90. The van der Waals surface area contributed by atoms with Crippen molar-refractivity contribution in [1.29, 1.82) is 0 Å². The highest BCUT2D eigenvalue weighted by Gasteiger charge is 2.27. The van der Waals surface area contributed by atoms with Crippen molar-refractivity contribution in [3.63, 3.8) is 0 Å². The minimum atomic E-state index is -0.296. The molecule has 0 unspecified atom stereocenters. The van der Waals surface area contributed by atoms with Crippen molar-refractivity contribution < 1.29 is 19.4 Å². The normalized spacial score (nSPS) is 17.7. The molecule has 0 aromatic heterocycles. The highest BCUT2D eigenvalue weighted by atomic mass is 16.5. The lowest BCUT2D eigenvalue weighted by atomic mass is 10.0. The number of carbonyl (C=O) groups is 1. The van der Waals surface area contributed by atoms with Crippen LogP contribution in [-0.4, -0.2) is 17.7 Å². The zero-order valence-electron chi connectivity index (χ0n) is 8.08. The Morgan fingerprint density at radius 1 is 1.13 bits per heavy atom. The van der Waals surface area contributed by atoms with Crippen molar-refractivity contribution in [1.82, 2.24) is 0 Å². The zero-order chi connectivity index (χ0) is 10.4. The van der Waals surface area contributed by atoms with Gasteiger partial charge in [-0.1, -0.05) is 0 Å². The molecule has 1 N–H and O–H groups in total. The van der Waals surface area contributed by atoms with Crippen LogP contribution in [-0.2, 0) is 17.6 Å². The summed E-state index contributed by atoms with van der Waals surface area (Å²) in [5, 5.41) is 9.87. The van der Waals surface area contributed by atoms with Gasteiger partial charge in [-0.15, -0.1) is 0 Å². The Hall–Kier alpha value is -1.71. The predicted octanol–water partition coefficient (Wildman–Crippen LogP) is 1.18. The monoisotopic (exact) mass is 206 g/mol. The third-order valence-electron chi connectivity index (χ3n) is 2.79. The van der Waals surface area contributed by atoms with Gasteiger partial charge >= 0.3 is 5.97 Å². The summed E-state index contributed by atoms with van der Waals surface area (Å²) < 4.78 is 10.3. The summed E-state index contributed by atoms with van der Waals surface area (Å²) in [4.78, 5) is 11.1. The Balaban J connectivity index is 2.19. The summed E-state index contributed by atoms with van der Waals surface area (Å²) in [6.07, 6.45) is 1.82. The lowest BCUT2D eigenvalue weighted by Crippen LogP contribution is -2.16. The molecule has 2 aliphatic heterocycles. The van der Waals surface area contributed by atoms with Crippen molar-refractivity contribution in [2.75, 3.05) is 6.61 Å². The largest absolute Gasteiger partial charge is 0.502 e. The number of phenolic OH excluding ortho intramolecular Hbond substituents is 1. The van der Waals surface area contributed by atoms with Gasteiger partial charge in [0.05, 0.1) is 13.0 Å². The fraction of sp³-hybridized carbons (Fsp3) is 0.364. The Kier molecular flexibility index (Phi) is 1.65. The molecule has 0 fully saturated rings. The maximum atomic E-state index is 11.1. The second kappa shape index (κ2) is 2.89. The Morgan fingerprint density at radius 2 is 1.93 bits per heavy atom. The van der Waals surface area contributed by atoms with Gasteiger partial charge in [0.1, 0.15) is 0 Å². The molecular formula is C11H10O4. The molecule has 0 saturated carbocycles. The third-order valence-corrected chi connectivity index (χ3v) is 2.79. The van der Waals surface area contributed by atoms with Crippen LogP contribution < -0.4 is 9.47 Å². The first kappa shape index (κ1) is 8.59. The van der Waals surface area contributed by atoms with Gasteiger partial charge in [0.25, 0.3) is 0 Å². The van der Waals surface area contributed by atoms with Gasteiger partial charge in [-0.2, -0.15) is 0 Å². The number of carbonyl (C=O) groups excluding carboxylic acids is 1. The van der Waals surface area contributed by atoms with Crippen LogP contribution in [0.4, 0.5) is 0 Å². The summed E-state index contributed by atoms with van der Waals surface area (Å²) >= 11 is 0. The van der Waals surface area contributed by atoms with Crippen LogP contribution in [0.2, 0.25) is 0 Å². The summed E-state index contributed by atoms with van der Waals surface area (Å²) in [6.45, 7) is 0.583. The lowest BCUT2D eigenvalue weighted by molar-refractivity contribution is -0.135. The van der Waals surface area contributed by atoms with Crippen molar-refractivity contribution >= 4 is 5.97 Å². The molecule has 0 spiro atoms. The number of rotatable bonds is 0. The molecule has 3 rings (SSSR count). The Labute approximate surface area is 86.4 Å². The standard InChI is InChI=1S/C11H10O4/c12-8-2-1-6-5-7-3-4-14-10(7)9(13)11(6)15-8/h5,13H,1-4H2. The summed E-state index contributed by atoms with van der Waals surface area (Å²) in [6, 6.07) is 1.96. The first-order chi connectivity index (χ1) is 7.25. The molecule has 0 radical (unpaired) electrons. The fourth-order valence-electron chi connectivity index (χ4n) is 2.06. The number of aryl methyl sites for hydroxylation is 1. The first-order valence-corrected chi connectivity index (χ1v) is 4.97. The summed E-state index contributed by atoms with van der Waals surface area (Å²) in [7, 11) is 0. The van der Waals surface area contributed by atoms with Crippen LogP contribution >= 0.6 is 0 Å². The predicted molar refractivity (Wildman–Crippen MR) is 51.3 cm³/mol. The average Bonchev–Trinajstić information content (AvgIpc) is 2.68. The van der Waals surface area contributed by atoms with E-state index in [9.17, 15) is 9.90 Å². The highest BCUT2D eigenvalue weighted by molar-refractivity contribution is 5.78. The molecule has 1 aromatic carbocycles. The van der Waals surface area contributed by atoms with Crippen molar-refractivity contribution in [3.05, 3.63) is 17.2 Å². The lowest BCUT2D eigenvalue weighted by Gasteiger charge is -2.18. The smallest absolute Gasteiger partial charge is 0.311 e. The van der Waals surface area contributed by atoms with E-state index in [0.717, 1.165) is 17.5 Å². The van der Waals surface area contributed by atoms with E-state index in [1.54, 1.807) is 0 Å². The van der Waals surface area contributed by atoms with E-state index < -0.39 is 0 Å². The minimum Gasteiger partial charge on any atom is -0.502 e. The number of benzene rings is 1. The van der Waals surface area contributed by atoms with E-state index in [1.165, 1.54) is 0 Å². The van der Waals surface area contributed by atoms with E-state index >= 15 is 0 Å². The third kappa shape index (κ3) is 1.17. The molecule has 0 bridgehead atoms. The van der Waals surface area contributed by atoms with Crippen LogP contribution in [0.15, 0.2) is 6.07 Å². The molecule has 1 aromatic rings. The van der Waals surface area contributed by atoms with E-state index in [2.05, 4.69) is 0 Å². The molecule has 0 aliphatic carbocycles. The zero-order valence-corrected chi connectivity index (χ0v) is 8.08. The van der Waals surface area contributed by atoms with E-state index in [0.29, 0.717) is 25.2 Å². The van der Waals surface area contributed by atoms with Gasteiger partial charge < -0.3 is 14.6 Å². The number of fused-ring (bicyclic) bond motifs is 2. The van der Waals surface area contributed by atoms with Gasteiger partial charge in [0.2, 0.25) is 5.75 Å². The van der Waals surface area contributed by atoms with Crippen molar-refractivity contribution in [3.8, 4) is 17.2 Å². The fourth-order valence-corrected chi connectivity index (χ4v) is 2.06. The highest BCUT2D eigenvalue weighted by Crippen LogP contribution is 2.46. The number of esters is 1. The maximum Gasteiger partial charge on any atom is 0.311 e. The van der Waals surface area contributed by atoms with Crippen LogP contribution in [0.1, 0.15) is 17.5 Å². The first-order valence-electron chi connectivity index (χ1n) is 4.97. The van der Waals surface area contributed by atoms with Crippen LogP contribution in [0, 0.1) is 0 Å².